The minimum Gasteiger partial charge on any atom is -0.0622 e. The summed E-state index contributed by atoms with van der Waals surface area (Å²) in [4.78, 5) is 0. The summed E-state index contributed by atoms with van der Waals surface area (Å²) in [6.07, 6.45) is 2.03. The van der Waals surface area contributed by atoms with Crippen LogP contribution >= 0.6 is 15.8 Å². The maximum absolute atomic E-state index is 2.34. The van der Waals surface area contributed by atoms with Gasteiger partial charge in [0.25, 0.3) is 0 Å². The molecular weight excluding hydrogens is 557 g/mol. The molecule has 0 unspecified atom stereocenters. The average Bonchev–Trinajstić information content (AvgIpc) is 3.04. The molecule has 0 saturated carbocycles. The van der Waals surface area contributed by atoms with Crippen molar-refractivity contribution in [3.8, 4) is 11.1 Å². The molecule has 0 aliphatic heterocycles. The van der Waals surface area contributed by atoms with Gasteiger partial charge in [-0.3, -0.25) is 0 Å². The third-order valence-electron chi connectivity index (χ3n) is 7.25. The number of hydrogen-bond acceptors (Lipinski definition) is 0. The minimum atomic E-state index is -0.528. The van der Waals surface area contributed by atoms with Crippen molar-refractivity contribution in [1.82, 2.24) is 0 Å². The fourth-order valence-electron chi connectivity index (χ4n) is 5.28. The third kappa shape index (κ3) is 7.61. The van der Waals surface area contributed by atoms with Crippen LogP contribution in [-0.2, 0) is 12.3 Å². The van der Waals surface area contributed by atoms with Gasteiger partial charge >= 0.3 is 0 Å². The zero-order valence-electron chi connectivity index (χ0n) is 23.5. The van der Waals surface area contributed by atoms with Crippen molar-refractivity contribution in [3.05, 3.63) is 181 Å². The molecule has 6 aromatic rings. The van der Waals surface area contributed by atoms with Crippen LogP contribution in [0.1, 0.15) is 11.1 Å². The van der Waals surface area contributed by atoms with E-state index in [1.807, 2.05) is 0 Å². The summed E-state index contributed by atoms with van der Waals surface area (Å²) in [6, 6.07) is 62.3. The number of benzene rings is 6. The second-order valence-corrected chi connectivity index (χ2v) is 14.2. The fourth-order valence-corrected chi connectivity index (χ4v) is 9.97. The molecule has 0 fully saturated rings. The van der Waals surface area contributed by atoms with Crippen LogP contribution in [0.15, 0.2) is 170 Å². The largest absolute Gasteiger partial charge is 0.0622 e. The monoisotopic (exact) mass is 589 g/mol. The first-order chi connectivity index (χ1) is 19.9. The molecule has 0 spiro atoms. The van der Waals surface area contributed by atoms with Gasteiger partial charge < -0.3 is 0 Å². The van der Waals surface area contributed by atoms with Gasteiger partial charge in [0, 0.05) is 63.7 Å². The summed E-state index contributed by atoms with van der Waals surface area (Å²) in [5.74, 6) is 0. The van der Waals surface area contributed by atoms with Crippen molar-refractivity contribution in [1.29, 1.82) is 0 Å². The standard InChI is InChI=1S/C38H32P2.K/c1-5-19-33(20-6-1)39(34-21-7-2-8-22-34)29-31-17-13-15-27-37(31)38-28-16-14-18-32(38)30-40(35-23-9-3-10-24-35)36-25-11-4-12-26-36;/h1-28H,29-30H2;. The Balaban J connectivity index is 0.00000337. The maximum atomic E-state index is 2.34. The molecule has 0 heterocycles. The average molecular weight is 590 g/mol. The summed E-state index contributed by atoms with van der Waals surface area (Å²) in [7, 11) is -1.06. The van der Waals surface area contributed by atoms with Crippen molar-refractivity contribution >= 4 is 88.4 Å². The molecule has 0 bridgehead atoms. The summed E-state index contributed by atoms with van der Waals surface area (Å²) >= 11 is 0. The molecule has 3 heteroatoms. The molecule has 0 nitrogen and oxygen atoms in total. The molecule has 0 N–H and O–H groups in total. The predicted octanol–water partition coefficient (Wildman–Crippen LogP) is 8.24. The van der Waals surface area contributed by atoms with Crippen LogP contribution in [0.2, 0.25) is 0 Å². The van der Waals surface area contributed by atoms with Gasteiger partial charge in [-0.1, -0.05) is 170 Å². The van der Waals surface area contributed by atoms with Crippen LogP contribution < -0.4 is 21.2 Å². The Kier molecular flexibility index (Phi) is 11.3. The van der Waals surface area contributed by atoms with E-state index in [1.165, 1.54) is 43.5 Å². The SMILES string of the molecule is [K].c1ccc(P(Cc2ccccc2-c2ccccc2CP(c2ccccc2)c2ccccc2)c2ccccc2)cc1. The zero-order valence-corrected chi connectivity index (χ0v) is 28.4. The molecule has 0 atom stereocenters. The summed E-state index contributed by atoms with van der Waals surface area (Å²) in [5.41, 5.74) is 5.54. The van der Waals surface area contributed by atoms with Crippen molar-refractivity contribution < 1.29 is 0 Å². The number of hydrogen-bond donors (Lipinski definition) is 0. The van der Waals surface area contributed by atoms with Gasteiger partial charge in [0.15, 0.2) is 0 Å². The van der Waals surface area contributed by atoms with Crippen molar-refractivity contribution in [2.45, 2.75) is 12.3 Å². The van der Waals surface area contributed by atoms with Gasteiger partial charge in [0.2, 0.25) is 0 Å². The first-order valence-electron chi connectivity index (χ1n) is 13.8. The molecule has 1 radical (unpaired) electrons. The van der Waals surface area contributed by atoms with Crippen LogP contribution in [0.3, 0.4) is 0 Å². The Hall–Kier alpha value is -2.18. The third-order valence-corrected chi connectivity index (χ3v) is 12.3. The normalized spacial score (nSPS) is 10.9. The molecule has 195 valence electrons. The van der Waals surface area contributed by atoms with Gasteiger partial charge in [-0.25, -0.2) is 0 Å². The van der Waals surface area contributed by atoms with E-state index < -0.39 is 15.8 Å². The Bertz CT molecular complexity index is 1430. The van der Waals surface area contributed by atoms with Crippen molar-refractivity contribution in [2.24, 2.45) is 0 Å². The van der Waals surface area contributed by atoms with E-state index in [9.17, 15) is 0 Å². The molecule has 0 amide bonds. The van der Waals surface area contributed by atoms with E-state index in [1.54, 1.807) is 0 Å². The van der Waals surface area contributed by atoms with Crippen molar-refractivity contribution in [2.75, 3.05) is 0 Å². The Morgan fingerprint density at radius 1 is 0.293 bits per heavy atom. The molecule has 0 aliphatic carbocycles. The van der Waals surface area contributed by atoms with Crippen LogP contribution in [0.4, 0.5) is 0 Å². The van der Waals surface area contributed by atoms with Gasteiger partial charge in [0.05, 0.1) is 0 Å². The summed E-state index contributed by atoms with van der Waals surface area (Å²) < 4.78 is 0. The summed E-state index contributed by atoms with van der Waals surface area (Å²) in [5, 5.41) is 5.68. The Morgan fingerprint density at radius 3 is 0.829 bits per heavy atom. The first-order valence-corrected chi connectivity index (χ1v) is 16.8. The predicted molar refractivity (Wildman–Crippen MR) is 183 cm³/mol. The maximum Gasteiger partial charge on any atom is 0.00136 e. The molecule has 0 aromatic heterocycles. The zero-order chi connectivity index (χ0) is 27.0. The molecule has 6 rings (SSSR count). The van der Waals surface area contributed by atoms with Crippen LogP contribution in [-0.4, -0.2) is 51.4 Å². The van der Waals surface area contributed by atoms with Crippen LogP contribution in [0, 0.1) is 0 Å². The van der Waals surface area contributed by atoms with E-state index in [0.29, 0.717) is 0 Å². The molecular formula is C38H32KP2. The van der Waals surface area contributed by atoms with Crippen LogP contribution in [0.5, 0.6) is 0 Å². The van der Waals surface area contributed by atoms with E-state index in [0.717, 1.165) is 12.3 Å². The second kappa shape index (κ2) is 15.3. The quantitative estimate of drug-likeness (QED) is 0.118. The van der Waals surface area contributed by atoms with Crippen LogP contribution in [0.25, 0.3) is 11.1 Å². The smallest absolute Gasteiger partial charge is 0.00136 e. The molecule has 0 aliphatic rings. The molecule has 0 saturated heterocycles. The van der Waals surface area contributed by atoms with Gasteiger partial charge in [-0.05, 0) is 59.3 Å². The van der Waals surface area contributed by atoms with Gasteiger partial charge in [-0.2, -0.15) is 0 Å². The second-order valence-electron chi connectivity index (χ2n) is 9.83. The first kappa shape index (κ1) is 30.3. The fraction of sp³-hybridized carbons (Fsp3) is 0.0526. The number of rotatable bonds is 9. The van der Waals surface area contributed by atoms with Gasteiger partial charge in [-0.15, -0.1) is 0 Å². The van der Waals surface area contributed by atoms with E-state index in [2.05, 4.69) is 170 Å². The minimum absolute atomic E-state index is 0. The van der Waals surface area contributed by atoms with E-state index in [-0.39, 0.29) is 51.4 Å². The van der Waals surface area contributed by atoms with Gasteiger partial charge in [0.1, 0.15) is 0 Å². The Labute approximate surface area is 289 Å². The van der Waals surface area contributed by atoms with Crippen molar-refractivity contribution in [3.63, 3.8) is 0 Å². The molecule has 41 heavy (non-hydrogen) atoms. The van der Waals surface area contributed by atoms with E-state index in [4.69, 9.17) is 0 Å². The van der Waals surface area contributed by atoms with E-state index >= 15 is 0 Å². The molecule has 6 aromatic carbocycles. The topological polar surface area (TPSA) is 0 Å². The summed E-state index contributed by atoms with van der Waals surface area (Å²) in [6.45, 7) is 0. The Morgan fingerprint density at radius 2 is 0.537 bits per heavy atom.